The van der Waals surface area contributed by atoms with Crippen LogP contribution in [0.4, 0.5) is 0 Å². The lowest BCUT2D eigenvalue weighted by atomic mass is 9.98. The predicted molar refractivity (Wildman–Crippen MR) is 70.8 cm³/mol. The maximum absolute atomic E-state index is 10.6. The van der Waals surface area contributed by atoms with Crippen LogP contribution in [0.5, 0.6) is 11.5 Å². The zero-order valence-corrected chi connectivity index (χ0v) is 11.4. The van der Waals surface area contributed by atoms with Gasteiger partial charge in [-0.3, -0.25) is 0 Å². The molecular weight excluding hydrogens is 266 g/mol. The summed E-state index contributed by atoms with van der Waals surface area (Å²) >= 11 is 6.35. The number of hydrogen-bond acceptors (Lipinski definition) is 4. The Balaban J connectivity index is 2.16. The Kier molecular flexibility index (Phi) is 3.00. The molecule has 1 aromatic carbocycles. The van der Waals surface area contributed by atoms with Crippen molar-refractivity contribution in [1.82, 2.24) is 0 Å². The van der Waals surface area contributed by atoms with Crippen LogP contribution in [0.25, 0.3) is 0 Å². The summed E-state index contributed by atoms with van der Waals surface area (Å²) in [5.41, 5.74) is 1.30. The highest BCUT2D eigenvalue weighted by Crippen LogP contribution is 2.55. The number of hydrogen-bond donors (Lipinski definition) is 0. The van der Waals surface area contributed by atoms with Gasteiger partial charge in [0.05, 0.1) is 18.2 Å². The van der Waals surface area contributed by atoms with Gasteiger partial charge in [0.25, 0.3) is 0 Å². The smallest absolute Gasteiger partial charge is 0.235 e. The average molecular weight is 280 g/mol. The van der Waals surface area contributed by atoms with E-state index in [1.165, 1.54) is 0 Å². The first-order chi connectivity index (χ1) is 9.18. The molecule has 0 bridgehead atoms. The van der Waals surface area contributed by atoms with E-state index < -0.39 is 5.54 Å². The molecule has 0 unspecified atom stereocenters. The first-order valence-electron chi connectivity index (χ1n) is 6.36. The fraction of sp³-hybridized carbons (Fsp3) is 0.500. The number of isocyanates is 1. The van der Waals surface area contributed by atoms with Gasteiger partial charge in [-0.25, -0.2) is 4.79 Å². The van der Waals surface area contributed by atoms with Gasteiger partial charge in [0.2, 0.25) is 6.08 Å². The standard InChI is InChI=1S/C14H14ClNO3/c1-9-12(14(3-4-14)16-8-17)10(15)7-11-13(9)19-6-2-5-18-11/h7H,2-6H2,1H3. The molecule has 1 fully saturated rings. The van der Waals surface area contributed by atoms with E-state index in [9.17, 15) is 4.79 Å². The van der Waals surface area contributed by atoms with Gasteiger partial charge in [-0.05, 0) is 19.8 Å². The second-order valence-electron chi connectivity index (χ2n) is 4.97. The number of benzene rings is 1. The van der Waals surface area contributed by atoms with Crippen LogP contribution in [0.1, 0.15) is 30.4 Å². The molecule has 19 heavy (non-hydrogen) atoms. The van der Waals surface area contributed by atoms with E-state index >= 15 is 0 Å². The number of halogens is 1. The van der Waals surface area contributed by atoms with Gasteiger partial charge in [0.15, 0.2) is 11.5 Å². The van der Waals surface area contributed by atoms with Crippen LogP contribution in [-0.2, 0) is 10.3 Å². The summed E-state index contributed by atoms with van der Waals surface area (Å²) in [5.74, 6) is 1.40. The van der Waals surface area contributed by atoms with Gasteiger partial charge in [0, 0.05) is 23.6 Å². The van der Waals surface area contributed by atoms with Crippen LogP contribution in [0.3, 0.4) is 0 Å². The average Bonchev–Trinajstić information content (AvgIpc) is 3.14. The van der Waals surface area contributed by atoms with Crippen LogP contribution in [0.15, 0.2) is 11.1 Å². The quantitative estimate of drug-likeness (QED) is 0.617. The minimum atomic E-state index is -0.492. The molecule has 0 spiro atoms. The number of rotatable bonds is 2. The van der Waals surface area contributed by atoms with Crippen LogP contribution >= 0.6 is 11.6 Å². The molecule has 0 amide bonds. The number of fused-ring (bicyclic) bond motifs is 1. The Labute approximate surface area is 116 Å². The van der Waals surface area contributed by atoms with Gasteiger partial charge in [0.1, 0.15) is 5.54 Å². The molecule has 1 saturated carbocycles. The van der Waals surface area contributed by atoms with Crippen molar-refractivity contribution in [3.05, 3.63) is 22.2 Å². The summed E-state index contributed by atoms with van der Waals surface area (Å²) in [5, 5.41) is 0.582. The van der Waals surface area contributed by atoms with Gasteiger partial charge < -0.3 is 9.47 Å². The molecule has 0 radical (unpaired) electrons. The molecule has 5 heteroatoms. The summed E-state index contributed by atoms with van der Waals surface area (Å²) in [6.45, 7) is 3.19. The van der Waals surface area contributed by atoms with Crippen molar-refractivity contribution in [3.8, 4) is 11.5 Å². The first-order valence-corrected chi connectivity index (χ1v) is 6.74. The molecule has 1 aromatic rings. The molecule has 100 valence electrons. The summed E-state index contributed by atoms with van der Waals surface area (Å²) in [6.07, 6.45) is 4.15. The van der Waals surface area contributed by atoms with Gasteiger partial charge >= 0.3 is 0 Å². The molecule has 3 rings (SSSR count). The molecule has 1 aliphatic carbocycles. The lowest BCUT2D eigenvalue weighted by Crippen LogP contribution is -2.08. The Morgan fingerprint density at radius 3 is 2.79 bits per heavy atom. The third kappa shape index (κ3) is 2.01. The van der Waals surface area contributed by atoms with Crippen molar-refractivity contribution in [2.75, 3.05) is 13.2 Å². The highest BCUT2D eigenvalue weighted by molar-refractivity contribution is 6.32. The van der Waals surface area contributed by atoms with Crippen LogP contribution in [0, 0.1) is 6.92 Å². The summed E-state index contributed by atoms with van der Waals surface area (Å²) in [4.78, 5) is 14.6. The molecule has 1 heterocycles. The molecule has 2 aliphatic rings. The molecular formula is C14H14ClNO3. The van der Waals surface area contributed by atoms with Crippen molar-refractivity contribution < 1.29 is 14.3 Å². The van der Waals surface area contributed by atoms with Gasteiger partial charge in [-0.1, -0.05) is 11.6 Å². The van der Waals surface area contributed by atoms with E-state index in [4.69, 9.17) is 21.1 Å². The number of carbonyl (C=O) groups excluding carboxylic acids is 1. The third-order valence-corrected chi connectivity index (χ3v) is 3.98. The van der Waals surface area contributed by atoms with Crippen molar-refractivity contribution in [2.45, 2.75) is 31.7 Å². The molecule has 1 aliphatic heterocycles. The normalized spacial score (nSPS) is 19.3. The van der Waals surface area contributed by atoms with Gasteiger partial charge in [-0.15, -0.1) is 0 Å². The number of ether oxygens (including phenoxy) is 2. The second-order valence-corrected chi connectivity index (χ2v) is 5.38. The minimum absolute atomic E-state index is 0.492. The molecule has 0 aromatic heterocycles. The summed E-state index contributed by atoms with van der Waals surface area (Å²) in [7, 11) is 0. The van der Waals surface area contributed by atoms with E-state index in [-0.39, 0.29) is 0 Å². The lowest BCUT2D eigenvalue weighted by molar-refractivity contribution is 0.296. The van der Waals surface area contributed by atoms with E-state index in [2.05, 4.69) is 4.99 Å². The van der Waals surface area contributed by atoms with Gasteiger partial charge in [-0.2, -0.15) is 4.99 Å². The summed E-state index contributed by atoms with van der Waals surface area (Å²) < 4.78 is 11.4. The highest BCUT2D eigenvalue weighted by Gasteiger charge is 2.48. The van der Waals surface area contributed by atoms with Crippen LogP contribution < -0.4 is 9.47 Å². The van der Waals surface area contributed by atoms with Crippen molar-refractivity contribution in [2.24, 2.45) is 4.99 Å². The number of nitrogens with zero attached hydrogens (tertiary/aromatic N) is 1. The zero-order valence-electron chi connectivity index (χ0n) is 10.7. The molecule has 0 saturated heterocycles. The largest absolute Gasteiger partial charge is 0.489 e. The topological polar surface area (TPSA) is 47.9 Å². The van der Waals surface area contributed by atoms with Crippen molar-refractivity contribution in [3.63, 3.8) is 0 Å². The molecule has 4 nitrogen and oxygen atoms in total. The maximum Gasteiger partial charge on any atom is 0.235 e. The first kappa shape index (κ1) is 12.5. The Morgan fingerprint density at radius 1 is 1.37 bits per heavy atom. The maximum atomic E-state index is 10.6. The second kappa shape index (κ2) is 4.55. The Hall–Kier alpha value is -1.51. The van der Waals surface area contributed by atoms with E-state index in [0.29, 0.717) is 24.0 Å². The van der Waals surface area contributed by atoms with Crippen molar-refractivity contribution in [1.29, 1.82) is 0 Å². The number of aliphatic imine (C=N–C) groups is 1. The monoisotopic (exact) mass is 279 g/mol. The SMILES string of the molecule is Cc1c2c(cc(Cl)c1C1(N=C=O)CC1)OCCCO2. The predicted octanol–water partition coefficient (Wildman–Crippen LogP) is 3.13. The van der Waals surface area contributed by atoms with E-state index in [1.54, 1.807) is 12.1 Å². The molecule has 0 N–H and O–H groups in total. The van der Waals surface area contributed by atoms with E-state index in [0.717, 1.165) is 36.1 Å². The third-order valence-electron chi connectivity index (χ3n) is 3.68. The molecule has 0 atom stereocenters. The van der Waals surface area contributed by atoms with Crippen LogP contribution in [-0.4, -0.2) is 19.3 Å². The highest BCUT2D eigenvalue weighted by atomic mass is 35.5. The zero-order chi connectivity index (χ0) is 13.5. The fourth-order valence-electron chi connectivity index (χ4n) is 2.63. The Bertz CT molecular complexity index is 575. The summed E-state index contributed by atoms with van der Waals surface area (Å²) in [6, 6.07) is 1.77. The lowest BCUT2D eigenvalue weighted by Gasteiger charge is -2.19. The van der Waals surface area contributed by atoms with E-state index in [1.807, 2.05) is 6.92 Å². The fourth-order valence-corrected chi connectivity index (χ4v) is 3.04. The minimum Gasteiger partial charge on any atom is -0.489 e. The van der Waals surface area contributed by atoms with Crippen molar-refractivity contribution >= 4 is 17.7 Å². The Morgan fingerprint density at radius 2 is 2.11 bits per heavy atom. The van der Waals surface area contributed by atoms with Crippen LogP contribution in [0.2, 0.25) is 5.02 Å².